The fraction of sp³-hybridized carbons (Fsp3) is 0.105. The van der Waals surface area contributed by atoms with Crippen LogP contribution in [0.15, 0.2) is 49.1 Å². The van der Waals surface area contributed by atoms with E-state index in [1.54, 1.807) is 25.2 Å². The van der Waals surface area contributed by atoms with Crippen molar-refractivity contribution in [2.75, 3.05) is 29.2 Å². The molecule has 27 heavy (non-hydrogen) atoms. The van der Waals surface area contributed by atoms with E-state index in [4.69, 9.17) is 4.74 Å². The van der Waals surface area contributed by atoms with Gasteiger partial charge in [0.05, 0.1) is 11.3 Å². The number of aromatic hydroxyl groups is 1. The summed E-state index contributed by atoms with van der Waals surface area (Å²) in [4.78, 5) is 37.0. The average Bonchev–Trinajstić information content (AvgIpc) is 2.66. The van der Waals surface area contributed by atoms with E-state index >= 15 is 0 Å². The predicted octanol–water partition coefficient (Wildman–Crippen LogP) is 2.12. The molecule has 1 aliphatic rings. The number of fused-ring (bicyclic) bond motifs is 1. The second-order valence-corrected chi connectivity index (χ2v) is 5.80. The molecule has 3 rings (SSSR count). The van der Waals surface area contributed by atoms with Crippen molar-refractivity contribution in [1.29, 1.82) is 0 Å². The minimum atomic E-state index is -0.567. The maximum atomic E-state index is 12.5. The highest BCUT2D eigenvalue weighted by atomic mass is 16.5. The third kappa shape index (κ3) is 3.74. The van der Waals surface area contributed by atoms with E-state index in [9.17, 15) is 19.5 Å². The van der Waals surface area contributed by atoms with Crippen LogP contribution >= 0.6 is 0 Å². The molecular weight excluding hydrogens is 350 g/mol. The quantitative estimate of drug-likeness (QED) is 0.567. The van der Waals surface area contributed by atoms with Gasteiger partial charge in [-0.1, -0.05) is 6.58 Å². The van der Waals surface area contributed by atoms with Crippen LogP contribution in [0.1, 0.15) is 10.4 Å². The number of hydrogen-bond donors (Lipinski definition) is 3. The monoisotopic (exact) mass is 367 g/mol. The highest BCUT2D eigenvalue weighted by molar-refractivity contribution is 6.08. The number of phenolic OH excluding ortho intramolecular Hbond substituents is 1. The third-order valence-corrected chi connectivity index (χ3v) is 4.00. The minimum absolute atomic E-state index is 0.0113. The Hall–Kier alpha value is -3.81. The standard InChI is InChI=1S/C19H17N3O5/c1-3-17(24)20-11-5-7-15(23)13(8-11)19(26)21-12-4-6-14-16(9-12)27-10-18(25)22(14)2/h3-9,23H,1,10H2,2H3,(H,20,24)(H,21,26). The molecule has 0 fully saturated rings. The molecule has 2 aromatic carbocycles. The van der Waals surface area contributed by atoms with Gasteiger partial charge in [0.15, 0.2) is 6.61 Å². The van der Waals surface area contributed by atoms with Gasteiger partial charge < -0.3 is 25.4 Å². The van der Waals surface area contributed by atoms with Crippen molar-refractivity contribution in [3.8, 4) is 11.5 Å². The average molecular weight is 367 g/mol. The molecule has 0 saturated carbocycles. The van der Waals surface area contributed by atoms with E-state index in [0.717, 1.165) is 6.08 Å². The lowest BCUT2D eigenvalue weighted by Crippen LogP contribution is -2.35. The van der Waals surface area contributed by atoms with Crippen LogP contribution in [0, 0.1) is 0 Å². The number of carbonyl (C=O) groups is 3. The van der Waals surface area contributed by atoms with E-state index in [1.807, 2.05) is 0 Å². The van der Waals surface area contributed by atoms with Crippen molar-refractivity contribution >= 4 is 34.8 Å². The zero-order valence-electron chi connectivity index (χ0n) is 14.5. The van der Waals surface area contributed by atoms with Gasteiger partial charge in [-0.3, -0.25) is 14.4 Å². The van der Waals surface area contributed by atoms with E-state index in [-0.39, 0.29) is 23.8 Å². The van der Waals surface area contributed by atoms with Crippen LogP contribution in [0.2, 0.25) is 0 Å². The molecule has 0 aliphatic carbocycles. The summed E-state index contributed by atoms with van der Waals surface area (Å²) in [6.07, 6.45) is 1.10. The Morgan fingerprint density at radius 3 is 2.63 bits per heavy atom. The fourth-order valence-electron chi connectivity index (χ4n) is 2.54. The molecule has 1 aliphatic heterocycles. The Morgan fingerprint density at radius 2 is 1.89 bits per heavy atom. The van der Waals surface area contributed by atoms with Gasteiger partial charge in [0, 0.05) is 24.5 Å². The predicted molar refractivity (Wildman–Crippen MR) is 100 cm³/mol. The van der Waals surface area contributed by atoms with Crippen LogP contribution in [0.3, 0.4) is 0 Å². The van der Waals surface area contributed by atoms with Gasteiger partial charge in [-0.2, -0.15) is 0 Å². The normalized spacial score (nSPS) is 12.6. The molecule has 3 amide bonds. The van der Waals surface area contributed by atoms with Crippen LogP contribution in [0.5, 0.6) is 11.5 Å². The summed E-state index contributed by atoms with van der Waals surface area (Å²) in [5.41, 5.74) is 1.36. The first kappa shape index (κ1) is 18.0. The van der Waals surface area contributed by atoms with E-state index in [2.05, 4.69) is 17.2 Å². The molecule has 0 unspecified atom stereocenters. The number of hydrogen-bond acceptors (Lipinski definition) is 5. The van der Waals surface area contributed by atoms with E-state index in [0.29, 0.717) is 22.8 Å². The Morgan fingerprint density at radius 1 is 1.19 bits per heavy atom. The van der Waals surface area contributed by atoms with Gasteiger partial charge in [-0.15, -0.1) is 0 Å². The highest BCUT2D eigenvalue weighted by Gasteiger charge is 2.22. The van der Waals surface area contributed by atoms with Gasteiger partial charge >= 0.3 is 0 Å². The number of amides is 3. The Bertz CT molecular complexity index is 954. The van der Waals surface area contributed by atoms with Crippen molar-refractivity contribution < 1.29 is 24.2 Å². The summed E-state index contributed by atoms with van der Waals surface area (Å²) >= 11 is 0. The lowest BCUT2D eigenvalue weighted by atomic mass is 10.1. The zero-order chi connectivity index (χ0) is 19.6. The second-order valence-electron chi connectivity index (χ2n) is 5.80. The van der Waals surface area contributed by atoms with Crippen LogP contribution in [0.4, 0.5) is 17.1 Å². The molecule has 0 saturated heterocycles. The number of carbonyl (C=O) groups excluding carboxylic acids is 3. The molecule has 8 nitrogen and oxygen atoms in total. The van der Waals surface area contributed by atoms with Crippen molar-refractivity contribution in [3.63, 3.8) is 0 Å². The summed E-state index contributed by atoms with van der Waals surface area (Å²) < 4.78 is 5.38. The number of phenols is 1. The summed E-state index contributed by atoms with van der Waals surface area (Å²) in [7, 11) is 1.64. The molecule has 0 aromatic heterocycles. The maximum absolute atomic E-state index is 12.5. The molecule has 0 bridgehead atoms. The lowest BCUT2D eigenvalue weighted by molar-refractivity contribution is -0.121. The van der Waals surface area contributed by atoms with Crippen LogP contribution in [-0.4, -0.2) is 36.5 Å². The molecule has 0 atom stereocenters. The third-order valence-electron chi connectivity index (χ3n) is 4.00. The first-order valence-corrected chi connectivity index (χ1v) is 8.00. The summed E-state index contributed by atoms with van der Waals surface area (Å²) in [5, 5.41) is 15.1. The minimum Gasteiger partial charge on any atom is -0.507 e. The SMILES string of the molecule is C=CC(=O)Nc1ccc(O)c(C(=O)Nc2ccc3c(c2)OCC(=O)N3C)c1. The fourth-order valence-corrected chi connectivity index (χ4v) is 2.54. The summed E-state index contributed by atoms with van der Waals surface area (Å²) in [6, 6.07) is 9.00. The van der Waals surface area contributed by atoms with E-state index < -0.39 is 11.8 Å². The zero-order valence-corrected chi connectivity index (χ0v) is 14.5. The van der Waals surface area contributed by atoms with Gasteiger partial charge in [0.25, 0.3) is 11.8 Å². The summed E-state index contributed by atoms with van der Waals surface area (Å²) in [5.74, 6) is -0.933. The smallest absolute Gasteiger partial charge is 0.264 e. The lowest BCUT2D eigenvalue weighted by Gasteiger charge is -2.26. The van der Waals surface area contributed by atoms with Gasteiger partial charge in [0.1, 0.15) is 11.5 Å². The molecule has 2 aromatic rings. The number of benzene rings is 2. The molecule has 0 radical (unpaired) electrons. The Balaban J connectivity index is 1.81. The van der Waals surface area contributed by atoms with Crippen molar-refractivity contribution in [1.82, 2.24) is 0 Å². The van der Waals surface area contributed by atoms with E-state index in [1.165, 1.54) is 23.1 Å². The summed E-state index contributed by atoms with van der Waals surface area (Å²) in [6.45, 7) is 3.28. The first-order chi connectivity index (χ1) is 12.9. The first-order valence-electron chi connectivity index (χ1n) is 8.00. The Labute approximate surface area is 155 Å². The number of rotatable bonds is 4. The molecule has 3 N–H and O–H groups in total. The molecule has 8 heteroatoms. The molecule has 138 valence electrons. The number of anilines is 3. The topological polar surface area (TPSA) is 108 Å². The van der Waals surface area contributed by atoms with Crippen molar-refractivity contribution in [3.05, 3.63) is 54.6 Å². The highest BCUT2D eigenvalue weighted by Crippen LogP contribution is 2.34. The maximum Gasteiger partial charge on any atom is 0.264 e. The second kappa shape index (κ2) is 7.20. The number of ether oxygens (including phenoxy) is 1. The molecule has 1 heterocycles. The number of nitrogens with zero attached hydrogens (tertiary/aromatic N) is 1. The van der Waals surface area contributed by atoms with Crippen molar-refractivity contribution in [2.24, 2.45) is 0 Å². The van der Waals surface area contributed by atoms with Gasteiger partial charge in [-0.25, -0.2) is 0 Å². The van der Waals surface area contributed by atoms with Crippen LogP contribution in [0.25, 0.3) is 0 Å². The van der Waals surface area contributed by atoms with Crippen LogP contribution < -0.4 is 20.3 Å². The Kier molecular flexibility index (Phi) is 4.80. The van der Waals surface area contributed by atoms with Crippen molar-refractivity contribution in [2.45, 2.75) is 0 Å². The van der Waals surface area contributed by atoms with Gasteiger partial charge in [0.2, 0.25) is 5.91 Å². The van der Waals surface area contributed by atoms with Gasteiger partial charge in [-0.05, 0) is 36.4 Å². The number of nitrogens with one attached hydrogen (secondary N) is 2. The molecular formula is C19H17N3O5. The van der Waals surface area contributed by atoms with Crippen LogP contribution in [-0.2, 0) is 9.59 Å². The largest absolute Gasteiger partial charge is 0.507 e. The molecule has 0 spiro atoms. The number of likely N-dealkylation sites (N-methyl/N-ethyl adjacent to an activating group) is 1.